The predicted octanol–water partition coefficient (Wildman–Crippen LogP) is 2.31. The molecule has 7 nitrogen and oxygen atoms in total. The predicted molar refractivity (Wildman–Crippen MR) is 82.0 cm³/mol. The van der Waals surface area contributed by atoms with Gasteiger partial charge in [0.15, 0.2) is 0 Å². The van der Waals surface area contributed by atoms with Crippen LogP contribution in [0, 0.1) is 5.92 Å². The molecule has 0 aromatic rings. The number of nitrogens with zero attached hydrogens (tertiary/aromatic N) is 1. The lowest BCUT2D eigenvalue weighted by molar-refractivity contribution is 0.0138. The molecule has 7 heteroatoms. The summed E-state index contributed by atoms with van der Waals surface area (Å²) in [5.41, 5.74) is -0.529. The molecule has 128 valence electrons. The Balaban J connectivity index is 2.65. The Morgan fingerprint density at radius 2 is 2.09 bits per heavy atom. The minimum atomic E-state index is -1.05. The first kappa shape index (κ1) is 18.5. The van der Waals surface area contributed by atoms with Gasteiger partial charge in [-0.15, -0.1) is 0 Å². The molecule has 2 amide bonds. The number of carboxylic acid groups (broad SMARTS) is 1. The molecule has 1 fully saturated rings. The van der Waals surface area contributed by atoms with Crippen molar-refractivity contribution in [1.82, 2.24) is 10.2 Å². The van der Waals surface area contributed by atoms with E-state index in [0.717, 1.165) is 12.8 Å². The third-order valence-corrected chi connectivity index (χ3v) is 3.62. The highest BCUT2D eigenvalue weighted by Crippen LogP contribution is 2.23. The van der Waals surface area contributed by atoms with Crippen molar-refractivity contribution in [2.75, 3.05) is 26.8 Å². The fourth-order valence-corrected chi connectivity index (χ4v) is 2.66. The molecule has 2 atom stereocenters. The maximum atomic E-state index is 12.2. The maximum absolute atomic E-state index is 12.2. The average molecular weight is 316 g/mol. The molecular weight excluding hydrogens is 288 g/mol. The van der Waals surface area contributed by atoms with Crippen LogP contribution in [0.25, 0.3) is 0 Å². The van der Waals surface area contributed by atoms with Gasteiger partial charge >= 0.3 is 12.2 Å². The van der Waals surface area contributed by atoms with Gasteiger partial charge in [-0.1, -0.05) is 0 Å². The lowest BCUT2D eigenvalue weighted by Gasteiger charge is -2.37. The standard InChI is InChI=1S/C15H28N2O5/c1-15(2,3)22-14(20)17-8-5-6-11(10-17)12(7-9-21-4)16-13(18)19/h11-12,16H,5-10H2,1-4H3,(H,18,19)/t11-,12?/m0/s1. The molecule has 1 aliphatic heterocycles. The van der Waals surface area contributed by atoms with Crippen LogP contribution in [0.15, 0.2) is 0 Å². The van der Waals surface area contributed by atoms with Crippen molar-refractivity contribution < 1.29 is 24.2 Å². The molecule has 1 aliphatic rings. The van der Waals surface area contributed by atoms with Crippen LogP contribution in [-0.2, 0) is 9.47 Å². The number of hydrogen-bond acceptors (Lipinski definition) is 4. The Bertz CT molecular complexity index is 381. The highest BCUT2D eigenvalue weighted by molar-refractivity contribution is 5.68. The van der Waals surface area contributed by atoms with Crippen molar-refractivity contribution in [3.05, 3.63) is 0 Å². The van der Waals surface area contributed by atoms with Gasteiger partial charge in [-0.3, -0.25) is 0 Å². The van der Waals surface area contributed by atoms with Gasteiger partial charge in [0, 0.05) is 32.8 Å². The van der Waals surface area contributed by atoms with Crippen molar-refractivity contribution in [3.63, 3.8) is 0 Å². The van der Waals surface area contributed by atoms with E-state index in [9.17, 15) is 9.59 Å². The molecule has 2 N–H and O–H groups in total. The third kappa shape index (κ3) is 6.51. The highest BCUT2D eigenvalue weighted by Gasteiger charge is 2.32. The number of carbonyl (C=O) groups is 2. The Hall–Kier alpha value is -1.50. The second-order valence-electron chi connectivity index (χ2n) is 6.67. The van der Waals surface area contributed by atoms with E-state index in [1.165, 1.54) is 0 Å². The topological polar surface area (TPSA) is 88.1 Å². The van der Waals surface area contributed by atoms with Crippen molar-refractivity contribution in [3.8, 4) is 0 Å². The van der Waals surface area contributed by atoms with Gasteiger partial charge < -0.3 is 24.8 Å². The average Bonchev–Trinajstić information content (AvgIpc) is 2.41. The van der Waals surface area contributed by atoms with E-state index >= 15 is 0 Å². The van der Waals surface area contributed by atoms with Gasteiger partial charge in [0.25, 0.3) is 0 Å². The van der Waals surface area contributed by atoms with E-state index in [2.05, 4.69) is 5.32 Å². The van der Waals surface area contributed by atoms with E-state index in [1.54, 1.807) is 12.0 Å². The van der Waals surface area contributed by atoms with Crippen LogP contribution >= 0.6 is 0 Å². The first-order valence-electron chi connectivity index (χ1n) is 7.69. The Labute approximate surface area is 131 Å². The monoisotopic (exact) mass is 316 g/mol. The molecule has 0 radical (unpaired) electrons. The first-order chi connectivity index (χ1) is 10.2. The molecule has 22 heavy (non-hydrogen) atoms. The van der Waals surface area contributed by atoms with Crippen LogP contribution in [0.2, 0.25) is 0 Å². The normalized spacial score (nSPS) is 20.4. The van der Waals surface area contributed by atoms with Crippen LogP contribution in [0.3, 0.4) is 0 Å². The zero-order valence-electron chi connectivity index (χ0n) is 13.9. The zero-order chi connectivity index (χ0) is 16.8. The SMILES string of the molecule is COCCC(NC(=O)O)[C@H]1CCCN(C(=O)OC(C)(C)C)C1. The fourth-order valence-electron chi connectivity index (χ4n) is 2.66. The summed E-state index contributed by atoms with van der Waals surface area (Å²) in [6.45, 7) is 7.13. The summed E-state index contributed by atoms with van der Waals surface area (Å²) in [7, 11) is 1.59. The Kier molecular flexibility index (Phi) is 6.93. The van der Waals surface area contributed by atoms with Gasteiger partial charge in [0.2, 0.25) is 0 Å². The van der Waals surface area contributed by atoms with E-state index in [-0.39, 0.29) is 18.1 Å². The summed E-state index contributed by atoms with van der Waals surface area (Å²) in [6.07, 6.45) is 0.937. The third-order valence-electron chi connectivity index (χ3n) is 3.62. The van der Waals surface area contributed by atoms with Crippen LogP contribution in [-0.4, -0.2) is 60.6 Å². The van der Waals surface area contributed by atoms with Crippen LogP contribution in [0.5, 0.6) is 0 Å². The number of likely N-dealkylation sites (tertiary alicyclic amines) is 1. The summed E-state index contributed by atoms with van der Waals surface area (Å²) < 4.78 is 10.4. The minimum absolute atomic E-state index is 0.0764. The largest absolute Gasteiger partial charge is 0.465 e. The number of piperidine rings is 1. The highest BCUT2D eigenvalue weighted by atomic mass is 16.6. The number of rotatable bonds is 5. The number of methoxy groups -OCH3 is 1. The first-order valence-corrected chi connectivity index (χ1v) is 7.69. The number of amides is 2. The van der Waals surface area contributed by atoms with Crippen molar-refractivity contribution in [2.24, 2.45) is 5.92 Å². The number of hydrogen-bond donors (Lipinski definition) is 2. The second kappa shape index (κ2) is 8.22. The maximum Gasteiger partial charge on any atom is 0.410 e. The number of ether oxygens (including phenoxy) is 2. The molecule has 0 aromatic heterocycles. The molecule has 1 rings (SSSR count). The van der Waals surface area contributed by atoms with E-state index in [0.29, 0.717) is 26.1 Å². The van der Waals surface area contributed by atoms with E-state index < -0.39 is 11.7 Å². The zero-order valence-corrected chi connectivity index (χ0v) is 13.9. The van der Waals surface area contributed by atoms with Crippen LogP contribution in [0.4, 0.5) is 9.59 Å². The Morgan fingerprint density at radius 1 is 1.41 bits per heavy atom. The second-order valence-corrected chi connectivity index (χ2v) is 6.67. The van der Waals surface area contributed by atoms with Crippen molar-refractivity contribution in [2.45, 2.75) is 51.7 Å². The van der Waals surface area contributed by atoms with Crippen molar-refractivity contribution >= 4 is 12.2 Å². The molecule has 0 aromatic carbocycles. The van der Waals surface area contributed by atoms with Crippen LogP contribution < -0.4 is 5.32 Å². The molecule has 1 saturated heterocycles. The van der Waals surface area contributed by atoms with Gasteiger partial charge in [-0.2, -0.15) is 0 Å². The molecule has 0 bridgehead atoms. The summed E-state index contributed by atoms with van der Waals surface area (Å²) >= 11 is 0. The van der Waals surface area contributed by atoms with Gasteiger partial charge in [0.1, 0.15) is 5.60 Å². The lowest BCUT2D eigenvalue weighted by atomic mass is 9.89. The summed E-state index contributed by atoms with van der Waals surface area (Å²) in [6, 6.07) is -0.220. The molecule has 0 aliphatic carbocycles. The number of carbonyl (C=O) groups excluding carboxylic acids is 1. The summed E-state index contributed by atoms with van der Waals surface area (Å²) in [5.74, 6) is 0.0764. The van der Waals surface area contributed by atoms with E-state index in [1.807, 2.05) is 20.8 Å². The summed E-state index contributed by atoms with van der Waals surface area (Å²) in [5, 5.41) is 11.5. The van der Waals surface area contributed by atoms with Crippen molar-refractivity contribution in [1.29, 1.82) is 0 Å². The lowest BCUT2D eigenvalue weighted by Crippen LogP contribution is -2.50. The molecular formula is C15H28N2O5. The molecule has 0 saturated carbocycles. The Morgan fingerprint density at radius 3 is 2.64 bits per heavy atom. The fraction of sp³-hybridized carbons (Fsp3) is 0.867. The number of nitrogens with one attached hydrogen (secondary N) is 1. The van der Waals surface area contributed by atoms with Gasteiger partial charge in [0.05, 0.1) is 0 Å². The minimum Gasteiger partial charge on any atom is -0.465 e. The van der Waals surface area contributed by atoms with E-state index in [4.69, 9.17) is 14.6 Å². The molecule has 1 unspecified atom stereocenters. The molecule has 0 spiro atoms. The quantitative estimate of drug-likeness (QED) is 0.812. The van der Waals surface area contributed by atoms with Crippen LogP contribution in [0.1, 0.15) is 40.0 Å². The van der Waals surface area contributed by atoms with Gasteiger partial charge in [-0.05, 0) is 46.0 Å². The van der Waals surface area contributed by atoms with Gasteiger partial charge in [-0.25, -0.2) is 9.59 Å². The molecule has 1 heterocycles. The summed E-state index contributed by atoms with van der Waals surface area (Å²) in [4.78, 5) is 24.8. The smallest absolute Gasteiger partial charge is 0.410 e.